The third-order valence-electron chi connectivity index (χ3n) is 3.50. The lowest BCUT2D eigenvalue weighted by atomic mass is 10.2. The summed E-state index contributed by atoms with van der Waals surface area (Å²) in [7, 11) is 0. The highest BCUT2D eigenvalue weighted by Crippen LogP contribution is 2.13. The monoisotopic (exact) mass is 347 g/mol. The Labute approximate surface area is 150 Å². The van der Waals surface area contributed by atoms with Gasteiger partial charge in [0, 0.05) is 30.2 Å². The number of hydrogen-bond donors (Lipinski definition) is 2. The molecule has 0 radical (unpaired) electrons. The van der Waals surface area contributed by atoms with Gasteiger partial charge in [0.05, 0.1) is 0 Å². The van der Waals surface area contributed by atoms with E-state index in [4.69, 9.17) is 4.74 Å². The number of carbonyl (C=O) groups is 2. The van der Waals surface area contributed by atoms with Gasteiger partial charge in [-0.1, -0.05) is 30.3 Å². The van der Waals surface area contributed by atoms with E-state index in [0.29, 0.717) is 23.5 Å². The number of benzene rings is 2. The van der Waals surface area contributed by atoms with E-state index in [-0.39, 0.29) is 5.91 Å². The zero-order valence-corrected chi connectivity index (χ0v) is 13.9. The minimum atomic E-state index is -0.621. The highest BCUT2D eigenvalue weighted by atomic mass is 16.6. The Morgan fingerprint density at radius 2 is 1.81 bits per heavy atom. The van der Waals surface area contributed by atoms with Gasteiger partial charge in [-0.25, -0.2) is 4.79 Å². The molecule has 0 spiro atoms. The first-order valence-electron chi connectivity index (χ1n) is 8.02. The van der Waals surface area contributed by atoms with Crippen LogP contribution in [0.4, 0.5) is 10.5 Å². The van der Waals surface area contributed by atoms with Crippen LogP contribution in [0.15, 0.2) is 79.1 Å². The number of carbonyl (C=O) groups excluding carboxylic acids is 2. The van der Waals surface area contributed by atoms with Crippen LogP contribution in [0.3, 0.4) is 0 Å². The van der Waals surface area contributed by atoms with Gasteiger partial charge in [0.15, 0.2) is 0 Å². The zero-order chi connectivity index (χ0) is 18.2. The highest BCUT2D eigenvalue weighted by Gasteiger charge is 2.09. The molecular weight excluding hydrogens is 330 g/mol. The Bertz CT molecular complexity index is 883. The molecule has 130 valence electrons. The van der Waals surface area contributed by atoms with Crippen molar-refractivity contribution in [2.45, 2.75) is 6.54 Å². The Kier molecular flexibility index (Phi) is 5.57. The van der Waals surface area contributed by atoms with Crippen LogP contribution in [0.25, 0.3) is 0 Å². The van der Waals surface area contributed by atoms with Crippen LogP contribution in [-0.2, 0) is 6.54 Å². The van der Waals surface area contributed by atoms with Crippen LogP contribution < -0.4 is 15.4 Å². The third-order valence-corrected chi connectivity index (χ3v) is 3.50. The molecule has 3 rings (SSSR count). The number of ether oxygens (including phenoxy) is 1. The number of pyridine rings is 1. The van der Waals surface area contributed by atoms with Crippen molar-refractivity contribution >= 4 is 17.7 Å². The number of rotatable bonds is 5. The number of hydrogen-bond acceptors (Lipinski definition) is 4. The molecule has 0 atom stereocenters. The van der Waals surface area contributed by atoms with Gasteiger partial charge in [0.1, 0.15) is 5.75 Å². The van der Waals surface area contributed by atoms with Crippen molar-refractivity contribution in [2.24, 2.45) is 0 Å². The summed E-state index contributed by atoms with van der Waals surface area (Å²) in [6.45, 7) is 0.375. The van der Waals surface area contributed by atoms with Crippen LogP contribution in [0.5, 0.6) is 5.75 Å². The first kappa shape index (κ1) is 17.2. The molecule has 1 aromatic heterocycles. The molecule has 6 heteroatoms. The molecule has 0 saturated heterocycles. The van der Waals surface area contributed by atoms with Crippen LogP contribution in [0.1, 0.15) is 15.9 Å². The van der Waals surface area contributed by atoms with Crippen molar-refractivity contribution in [2.75, 3.05) is 5.32 Å². The van der Waals surface area contributed by atoms with Crippen LogP contribution >= 0.6 is 0 Å². The molecule has 2 amide bonds. The molecule has 0 unspecified atom stereocenters. The van der Waals surface area contributed by atoms with E-state index in [9.17, 15) is 9.59 Å². The zero-order valence-electron chi connectivity index (χ0n) is 13.9. The summed E-state index contributed by atoms with van der Waals surface area (Å²) in [4.78, 5) is 28.2. The van der Waals surface area contributed by atoms with Crippen molar-refractivity contribution < 1.29 is 14.3 Å². The number of anilines is 1. The first-order valence-corrected chi connectivity index (χ1v) is 8.02. The molecule has 0 aliphatic rings. The maximum Gasteiger partial charge on any atom is 0.417 e. The van der Waals surface area contributed by atoms with Crippen molar-refractivity contribution in [1.29, 1.82) is 0 Å². The van der Waals surface area contributed by atoms with E-state index in [1.54, 1.807) is 60.9 Å². The molecule has 0 saturated carbocycles. The second-order valence-corrected chi connectivity index (χ2v) is 5.45. The van der Waals surface area contributed by atoms with E-state index in [1.165, 1.54) is 0 Å². The van der Waals surface area contributed by atoms with Crippen molar-refractivity contribution in [3.8, 4) is 5.75 Å². The molecule has 0 aliphatic heterocycles. The summed E-state index contributed by atoms with van der Waals surface area (Å²) < 4.78 is 5.17. The fraction of sp³-hybridized carbons (Fsp3) is 0.0500. The summed E-state index contributed by atoms with van der Waals surface area (Å²) in [5.41, 5.74) is 1.81. The largest absolute Gasteiger partial charge is 0.417 e. The van der Waals surface area contributed by atoms with Gasteiger partial charge >= 0.3 is 6.09 Å². The van der Waals surface area contributed by atoms with Gasteiger partial charge in [0.25, 0.3) is 5.91 Å². The summed E-state index contributed by atoms with van der Waals surface area (Å²) in [5, 5.41) is 5.42. The van der Waals surface area contributed by atoms with Gasteiger partial charge in [-0.3, -0.25) is 15.1 Å². The highest BCUT2D eigenvalue weighted by molar-refractivity contribution is 5.96. The number of aromatic nitrogens is 1. The van der Waals surface area contributed by atoms with E-state index < -0.39 is 6.09 Å². The topological polar surface area (TPSA) is 80.3 Å². The van der Waals surface area contributed by atoms with Crippen molar-refractivity contribution in [1.82, 2.24) is 10.3 Å². The predicted molar refractivity (Wildman–Crippen MR) is 97.9 cm³/mol. The lowest BCUT2D eigenvalue weighted by molar-refractivity contribution is 0.0951. The van der Waals surface area contributed by atoms with Crippen LogP contribution in [-0.4, -0.2) is 17.0 Å². The molecule has 0 aliphatic carbocycles. The maximum absolute atomic E-state index is 12.3. The van der Waals surface area contributed by atoms with E-state index >= 15 is 0 Å². The molecule has 0 fully saturated rings. The van der Waals surface area contributed by atoms with Gasteiger partial charge in [-0.2, -0.15) is 0 Å². The first-order chi connectivity index (χ1) is 12.7. The van der Waals surface area contributed by atoms with E-state index in [1.807, 2.05) is 18.2 Å². The van der Waals surface area contributed by atoms with Gasteiger partial charge in [-0.05, 0) is 42.0 Å². The molecule has 6 nitrogen and oxygen atoms in total. The predicted octanol–water partition coefficient (Wildman–Crippen LogP) is 3.62. The molecule has 1 heterocycles. The Morgan fingerprint density at radius 1 is 0.962 bits per heavy atom. The second-order valence-electron chi connectivity index (χ2n) is 5.45. The lowest BCUT2D eigenvalue weighted by Gasteiger charge is -2.09. The summed E-state index contributed by atoms with van der Waals surface area (Å²) in [6.07, 6.45) is 2.75. The smallest absolute Gasteiger partial charge is 0.410 e. The van der Waals surface area contributed by atoms with E-state index in [2.05, 4.69) is 15.6 Å². The Balaban J connectivity index is 1.58. The fourth-order valence-electron chi connectivity index (χ4n) is 2.26. The maximum atomic E-state index is 12.3. The summed E-state index contributed by atoms with van der Waals surface area (Å²) in [5.74, 6) is 0.198. The van der Waals surface area contributed by atoms with Gasteiger partial charge in [0.2, 0.25) is 0 Å². The quantitative estimate of drug-likeness (QED) is 0.739. The molecule has 0 bridgehead atoms. The molecule has 2 N–H and O–H groups in total. The number of para-hydroxylation sites is 1. The normalized spacial score (nSPS) is 10.0. The molecule has 26 heavy (non-hydrogen) atoms. The van der Waals surface area contributed by atoms with Gasteiger partial charge < -0.3 is 10.1 Å². The third kappa shape index (κ3) is 4.91. The molecular formula is C20H17N3O3. The van der Waals surface area contributed by atoms with Crippen LogP contribution in [0.2, 0.25) is 0 Å². The SMILES string of the molecule is O=C(Nc1cccc(C(=O)NCc2cccnc2)c1)Oc1ccccc1. The fourth-order valence-corrected chi connectivity index (χ4v) is 2.26. The molecule has 3 aromatic rings. The second kappa shape index (κ2) is 8.43. The lowest BCUT2D eigenvalue weighted by Crippen LogP contribution is -2.23. The van der Waals surface area contributed by atoms with Gasteiger partial charge in [-0.15, -0.1) is 0 Å². The van der Waals surface area contributed by atoms with Crippen molar-refractivity contribution in [3.05, 3.63) is 90.3 Å². The minimum absolute atomic E-state index is 0.242. The number of nitrogens with zero attached hydrogens (tertiary/aromatic N) is 1. The Hall–Kier alpha value is -3.67. The molecule has 2 aromatic carbocycles. The van der Waals surface area contributed by atoms with Crippen LogP contribution in [0, 0.1) is 0 Å². The van der Waals surface area contributed by atoms with Crippen molar-refractivity contribution in [3.63, 3.8) is 0 Å². The summed E-state index contributed by atoms with van der Waals surface area (Å²) in [6, 6.07) is 19.1. The standard InChI is InChI=1S/C20H17N3O3/c24-19(22-14-15-6-5-11-21-13-15)16-7-4-8-17(12-16)23-20(25)26-18-9-2-1-3-10-18/h1-13H,14H2,(H,22,24)(H,23,25). The number of amides is 2. The summed E-state index contributed by atoms with van der Waals surface area (Å²) >= 11 is 0. The number of nitrogens with one attached hydrogen (secondary N) is 2. The minimum Gasteiger partial charge on any atom is -0.410 e. The average Bonchev–Trinajstić information content (AvgIpc) is 2.68. The Morgan fingerprint density at radius 3 is 2.58 bits per heavy atom. The van der Waals surface area contributed by atoms with E-state index in [0.717, 1.165) is 5.56 Å². The average molecular weight is 347 g/mol.